The first-order valence-corrected chi connectivity index (χ1v) is 12.1. The van der Waals surface area contributed by atoms with Gasteiger partial charge in [-0.3, -0.25) is 14.3 Å². The number of nitrogens with one attached hydrogen (secondary N) is 2. The third-order valence-electron chi connectivity index (χ3n) is 6.57. The minimum atomic E-state index is -0.155. The molecule has 3 aliphatic rings. The molecular formula is C23H31N5OS. The quantitative estimate of drug-likeness (QED) is 0.670. The van der Waals surface area contributed by atoms with Crippen molar-refractivity contribution in [1.82, 2.24) is 19.4 Å². The van der Waals surface area contributed by atoms with Gasteiger partial charge in [0.15, 0.2) is 0 Å². The average molecular weight is 426 g/mol. The van der Waals surface area contributed by atoms with Crippen LogP contribution in [0.2, 0.25) is 0 Å². The fourth-order valence-electron chi connectivity index (χ4n) is 5.00. The van der Waals surface area contributed by atoms with E-state index in [0.717, 1.165) is 56.0 Å². The summed E-state index contributed by atoms with van der Waals surface area (Å²) >= 11 is 1.31. The molecular weight excluding hydrogens is 394 g/mol. The zero-order chi connectivity index (χ0) is 20.7. The van der Waals surface area contributed by atoms with Crippen LogP contribution in [0, 0.1) is 0 Å². The fourth-order valence-corrected chi connectivity index (χ4v) is 5.57. The van der Waals surface area contributed by atoms with Crippen molar-refractivity contribution in [2.24, 2.45) is 0 Å². The second kappa shape index (κ2) is 8.27. The molecule has 2 aromatic rings. The molecule has 2 N–H and O–H groups in total. The summed E-state index contributed by atoms with van der Waals surface area (Å²) in [6.07, 6.45) is 8.09. The number of aromatic nitrogens is 2. The predicted octanol–water partition coefficient (Wildman–Crippen LogP) is 4.48. The molecule has 30 heavy (non-hydrogen) atoms. The zero-order valence-electron chi connectivity index (χ0n) is 18.0. The van der Waals surface area contributed by atoms with E-state index in [1.165, 1.54) is 59.2 Å². The normalized spacial score (nSPS) is 17.7. The van der Waals surface area contributed by atoms with E-state index < -0.39 is 0 Å². The molecule has 5 rings (SSSR count). The van der Waals surface area contributed by atoms with Gasteiger partial charge in [0, 0.05) is 30.2 Å². The molecule has 2 aliphatic carbocycles. The lowest BCUT2D eigenvalue weighted by Crippen LogP contribution is -2.37. The van der Waals surface area contributed by atoms with Gasteiger partial charge < -0.3 is 5.32 Å². The Bertz CT molecular complexity index is 931. The maximum atomic E-state index is 12.8. The zero-order valence-corrected chi connectivity index (χ0v) is 18.8. The summed E-state index contributed by atoms with van der Waals surface area (Å²) in [5.41, 5.74) is 7.89. The summed E-state index contributed by atoms with van der Waals surface area (Å²) < 4.78 is 5.05. The van der Waals surface area contributed by atoms with Crippen LogP contribution in [0.15, 0.2) is 17.2 Å². The number of nitrogens with zero attached hydrogens (tertiary/aromatic N) is 3. The Labute approximate surface area is 182 Å². The van der Waals surface area contributed by atoms with Crippen molar-refractivity contribution < 1.29 is 4.79 Å². The topological polar surface area (TPSA) is 62.2 Å². The number of likely N-dealkylation sites (tertiary alicyclic amines) is 1. The van der Waals surface area contributed by atoms with E-state index in [2.05, 4.69) is 45.6 Å². The molecule has 160 valence electrons. The van der Waals surface area contributed by atoms with Gasteiger partial charge in [0.2, 0.25) is 0 Å². The molecule has 1 fully saturated rings. The van der Waals surface area contributed by atoms with Crippen LogP contribution in [-0.2, 0) is 32.2 Å². The van der Waals surface area contributed by atoms with Crippen molar-refractivity contribution in [2.45, 2.75) is 76.4 Å². The van der Waals surface area contributed by atoms with Crippen molar-refractivity contribution in [3.05, 3.63) is 40.1 Å². The number of hydrogen-bond donors (Lipinski definition) is 2. The molecule has 0 radical (unpaired) electrons. The van der Waals surface area contributed by atoms with Crippen molar-refractivity contribution in [2.75, 3.05) is 18.4 Å². The molecule has 1 saturated heterocycles. The van der Waals surface area contributed by atoms with E-state index in [-0.39, 0.29) is 6.03 Å². The van der Waals surface area contributed by atoms with Gasteiger partial charge in [0.1, 0.15) is 5.03 Å². The van der Waals surface area contributed by atoms with E-state index in [9.17, 15) is 4.79 Å². The molecule has 2 heterocycles. The van der Waals surface area contributed by atoms with Crippen LogP contribution < -0.4 is 10.0 Å². The fraction of sp³-hybridized carbons (Fsp3) is 0.565. The van der Waals surface area contributed by atoms with Crippen molar-refractivity contribution in [3.63, 3.8) is 0 Å². The van der Waals surface area contributed by atoms with Crippen molar-refractivity contribution in [1.29, 1.82) is 0 Å². The summed E-state index contributed by atoms with van der Waals surface area (Å²) in [4.78, 5) is 15.2. The Balaban J connectivity index is 1.27. The second-order valence-corrected chi connectivity index (χ2v) is 9.86. The average Bonchev–Trinajstić information content (AvgIpc) is 3.41. The Morgan fingerprint density at radius 1 is 1.07 bits per heavy atom. The largest absolute Gasteiger partial charge is 0.329 e. The number of carbonyl (C=O) groups excluding carboxylic acids is 1. The molecule has 0 saturated carbocycles. The van der Waals surface area contributed by atoms with Gasteiger partial charge in [-0.2, -0.15) is 5.10 Å². The number of rotatable bonds is 6. The van der Waals surface area contributed by atoms with Gasteiger partial charge >= 0.3 is 6.03 Å². The smallest absolute Gasteiger partial charge is 0.307 e. The number of amides is 2. The highest BCUT2D eigenvalue weighted by Gasteiger charge is 2.25. The lowest BCUT2D eigenvalue weighted by molar-refractivity contribution is 0.166. The second-order valence-electron chi connectivity index (χ2n) is 9.03. The molecule has 2 amide bonds. The molecule has 1 aromatic heterocycles. The summed E-state index contributed by atoms with van der Waals surface area (Å²) in [6, 6.07) is 4.65. The first-order chi connectivity index (χ1) is 14.6. The lowest BCUT2D eigenvalue weighted by atomic mass is 9.99. The Kier molecular flexibility index (Phi) is 5.50. The van der Waals surface area contributed by atoms with Crippen LogP contribution in [0.3, 0.4) is 0 Å². The van der Waals surface area contributed by atoms with Gasteiger partial charge in [-0.1, -0.05) is 6.07 Å². The monoisotopic (exact) mass is 425 g/mol. The van der Waals surface area contributed by atoms with Crippen LogP contribution in [0.25, 0.3) is 0 Å². The van der Waals surface area contributed by atoms with Crippen LogP contribution in [-0.4, -0.2) is 33.8 Å². The first-order valence-electron chi connectivity index (χ1n) is 11.3. The lowest BCUT2D eigenvalue weighted by Gasteiger charge is -2.30. The highest BCUT2D eigenvalue weighted by molar-refractivity contribution is 7.97. The van der Waals surface area contributed by atoms with Crippen molar-refractivity contribution in [3.8, 4) is 0 Å². The van der Waals surface area contributed by atoms with Gasteiger partial charge in [0.25, 0.3) is 0 Å². The highest BCUT2D eigenvalue weighted by atomic mass is 32.2. The molecule has 0 unspecified atom stereocenters. The summed E-state index contributed by atoms with van der Waals surface area (Å²) in [7, 11) is 0. The van der Waals surface area contributed by atoms with Crippen LogP contribution in [0.5, 0.6) is 0 Å². The standard InChI is InChI=1S/C23H31N5OS/c1-15(2)28-18(14-27-10-5-11-27)13-21(25-28)30-26-23(29)24-22-19-8-3-6-16(19)12-17-7-4-9-20(17)22/h12-13,15H,3-11,14H2,1-2H3,(H2,24,26,29). The molecule has 6 nitrogen and oxygen atoms in total. The SMILES string of the molecule is CC(C)n1nc(SNC(=O)Nc2c3c(cc4c2CCC4)CCC3)cc1CN1CCC1. The van der Waals surface area contributed by atoms with E-state index in [0.29, 0.717) is 6.04 Å². The predicted molar refractivity (Wildman–Crippen MR) is 121 cm³/mol. The third kappa shape index (κ3) is 3.85. The number of fused-ring (bicyclic) bond motifs is 2. The van der Waals surface area contributed by atoms with Gasteiger partial charge in [0.05, 0.1) is 5.69 Å². The minimum absolute atomic E-state index is 0.155. The number of anilines is 1. The first kappa shape index (κ1) is 19.9. The minimum Gasteiger partial charge on any atom is -0.307 e. The molecule has 7 heteroatoms. The number of aryl methyl sites for hydroxylation is 2. The molecule has 0 atom stereocenters. The maximum absolute atomic E-state index is 12.8. The summed E-state index contributed by atoms with van der Waals surface area (Å²) in [5, 5.41) is 8.77. The van der Waals surface area contributed by atoms with Crippen LogP contribution in [0.1, 0.15) is 67.1 Å². The number of urea groups is 1. The van der Waals surface area contributed by atoms with Crippen LogP contribution >= 0.6 is 11.9 Å². The third-order valence-corrected chi connectivity index (χ3v) is 7.27. The molecule has 1 aliphatic heterocycles. The molecule has 0 bridgehead atoms. The van der Waals surface area contributed by atoms with E-state index >= 15 is 0 Å². The van der Waals surface area contributed by atoms with Crippen molar-refractivity contribution >= 4 is 23.7 Å². The van der Waals surface area contributed by atoms with E-state index in [1.54, 1.807) is 0 Å². The maximum Gasteiger partial charge on any atom is 0.329 e. The Hall–Kier alpha value is -1.99. The van der Waals surface area contributed by atoms with E-state index in [4.69, 9.17) is 5.10 Å². The van der Waals surface area contributed by atoms with Gasteiger partial charge in [-0.05, 0) is 100 Å². The van der Waals surface area contributed by atoms with Gasteiger partial charge in [-0.15, -0.1) is 0 Å². The Morgan fingerprint density at radius 2 is 1.77 bits per heavy atom. The number of benzene rings is 1. The Morgan fingerprint density at radius 3 is 2.37 bits per heavy atom. The van der Waals surface area contributed by atoms with E-state index in [1.807, 2.05) is 0 Å². The highest BCUT2D eigenvalue weighted by Crippen LogP contribution is 2.38. The summed E-state index contributed by atoms with van der Waals surface area (Å²) in [5.74, 6) is 0. The number of carbonyl (C=O) groups is 1. The van der Waals surface area contributed by atoms with Crippen LogP contribution in [0.4, 0.5) is 10.5 Å². The number of hydrogen-bond acceptors (Lipinski definition) is 4. The molecule has 1 aromatic carbocycles. The summed E-state index contributed by atoms with van der Waals surface area (Å²) in [6.45, 7) is 7.56. The van der Waals surface area contributed by atoms with Gasteiger partial charge in [-0.25, -0.2) is 4.79 Å². The molecule has 0 spiro atoms.